The number of benzene rings is 2. The summed E-state index contributed by atoms with van der Waals surface area (Å²) in [6, 6.07) is 9.34. The Kier molecular flexibility index (Phi) is 6.02. The van der Waals surface area contributed by atoms with Gasteiger partial charge in [0.15, 0.2) is 0 Å². The number of halogens is 6. The van der Waals surface area contributed by atoms with Crippen LogP contribution in [0.1, 0.15) is 46.7 Å². The van der Waals surface area contributed by atoms with Crippen molar-refractivity contribution in [2.24, 2.45) is 5.92 Å². The highest BCUT2D eigenvalue weighted by Gasteiger charge is 2.67. The Bertz CT molecular complexity index is 1200. The molecule has 0 aromatic heterocycles. The predicted molar refractivity (Wildman–Crippen MR) is 117 cm³/mol. The molecule has 11 heteroatoms. The van der Waals surface area contributed by atoms with Crippen molar-refractivity contribution in [3.63, 3.8) is 0 Å². The van der Waals surface area contributed by atoms with E-state index >= 15 is 0 Å². The van der Waals surface area contributed by atoms with Crippen LogP contribution in [0.3, 0.4) is 0 Å². The summed E-state index contributed by atoms with van der Waals surface area (Å²) in [6.45, 7) is 0. The molecule has 2 aromatic carbocycles. The average Bonchev–Trinajstić information content (AvgIpc) is 3.64. The molecule has 2 atom stereocenters. The lowest BCUT2D eigenvalue weighted by molar-refractivity contribution is -0.117. The molecule has 172 valence electrons. The van der Waals surface area contributed by atoms with Crippen LogP contribution in [0.5, 0.6) is 0 Å². The Morgan fingerprint density at radius 2 is 1.85 bits per heavy atom. The van der Waals surface area contributed by atoms with E-state index < -0.39 is 51.3 Å². The summed E-state index contributed by atoms with van der Waals surface area (Å²) in [7, 11) is 0. The van der Waals surface area contributed by atoms with Crippen LogP contribution in [0.4, 0.5) is 18.9 Å². The quantitative estimate of drug-likeness (QED) is 0.481. The number of anilines is 1. The van der Waals surface area contributed by atoms with Crippen LogP contribution in [-0.2, 0) is 4.79 Å². The van der Waals surface area contributed by atoms with Crippen LogP contribution >= 0.6 is 34.8 Å². The first-order chi connectivity index (χ1) is 15.5. The van der Waals surface area contributed by atoms with Crippen LogP contribution < -0.4 is 10.6 Å². The molecule has 0 heterocycles. The smallest absolute Gasteiger partial charge is 0.266 e. The summed E-state index contributed by atoms with van der Waals surface area (Å²) in [5, 5.41) is 14.5. The SMILES string of the molecule is N#CC1(NC(=O)c2cc(NC(=O)[C@@H]3[C@@H](c4ccc(F)c(C(F)F)c4)C3(Cl)Cl)ccc2Cl)CC1. The maximum atomic E-state index is 13.6. The van der Waals surface area contributed by atoms with Crippen molar-refractivity contribution in [2.45, 2.75) is 35.1 Å². The second-order valence-corrected chi connectivity index (χ2v) is 9.89. The van der Waals surface area contributed by atoms with Gasteiger partial charge >= 0.3 is 0 Å². The molecule has 0 aliphatic heterocycles. The number of rotatable bonds is 6. The number of hydrogen-bond acceptors (Lipinski definition) is 3. The van der Waals surface area contributed by atoms with Gasteiger partial charge in [0, 0.05) is 11.6 Å². The highest BCUT2D eigenvalue weighted by molar-refractivity contribution is 6.53. The van der Waals surface area contributed by atoms with E-state index in [1.165, 1.54) is 24.3 Å². The van der Waals surface area contributed by atoms with E-state index in [0.29, 0.717) is 12.8 Å². The van der Waals surface area contributed by atoms with Gasteiger partial charge in [0.1, 0.15) is 15.7 Å². The molecule has 4 rings (SSSR count). The van der Waals surface area contributed by atoms with E-state index in [0.717, 1.165) is 12.1 Å². The molecule has 33 heavy (non-hydrogen) atoms. The number of carbonyl (C=O) groups excluding carboxylic acids is 2. The van der Waals surface area contributed by atoms with Crippen molar-refractivity contribution in [1.29, 1.82) is 5.26 Å². The van der Waals surface area contributed by atoms with Gasteiger partial charge in [-0.05, 0) is 48.7 Å². The Morgan fingerprint density at radius 3 is 2.45 bits per heavy atom. The number of carbonyl (C=O) groups is 2. The minimum absolute atomic E-state index is 0.0615. The Morgan fingerprint density at radius 1 is 1.15 bits per heavy atom. The fourth-order valence-corrected chi connectivity index (χ4v) is 4.69. The first-order valence-corrected chi connectivity index (χ1v) is 10.9. The number of amides is 2. The van der Waals surface area contributed by atoms with Crippen LogP contribution in [0, 0.1) is 23.1 Å². The molecular weight excluding hydrogens is 502 g/mol. The Labute approximate surface area is 201 Å². The van der Waals surface area contributed by atoms with E-state index in [-0.39, 0.29) is 21.8 Å². The van der Waals surface area contributed by atoms with Crippen LogP contribution in [0.2, 0.25) is 5.02 Å². The maximum Gasteiger partial charge on any atom is 0.266 e. The minimum atomic E-state index is -3.04. The molecule has 5 nitrogen and oxygen atoms in total. The van der Waals surface area contributed by atoms with Gasteiger partial charge < -0.3 is 10.6 Å². The summed E-state index contributed by atoms with van der Waals surface area (Å²) < 4.78 is 38.1. The summed E-state index contributed by atoms with van der Waals surface area (Å²) in [5.41, 5.74) is -1.21. The fraction of sp³-hybridized carbons (Fsp3) is 0.318. The van der Waals surface area contributed by atoms with Gasteiger partial charge in [-0.25, -0.2) is 13.2 Å². The molecule has 2 aliphatic rings. The van der Waals surface area contributed by atoms with Crippen molar-refractivity contribution in [3.8, 4) is 6.07 Å². The monoisotopic (exact) mass is 515 g/mol. The Balaban J connectivity index is 1.51. The summed E-state index contributed by atoms with van der Waals surface area (Å²) >= 11 is 18.6. The maximum absolute atomic E-state index is 13.6. The van der Waals surface area contributed by atoms with E-state index in [9.17, 15) is 22.8 Å². The van der Waals surface area contributed by atoms with Crippen LogP contribution in [-0.4, -0.2) is 21.7 Å². The zero-order chi connectivity index (χ0) is 24.1. The molecule has 2 aromatic rings. The molecule has 0 saturated heterocycles. The second kappa shape index (κ2) is 8.39. The zero-order valence-electron chi connectivity index (χ0n) is 16.6. The number of alkyl halides is 4. The fourth-order valence-electron chi connectivity index (χ4n) is 3.66. The molecule has 2 amide bonds. The molecule has 2 N–H and O–H groups in total. The lowest BCUT2D eigenvalue weighted by Crippen LogP contribution is -2.35. The lowest BCUT2D eigenvalue weighted by Gasteiger charge is -2.12. The number of nitriles is 1. The number of hydrogen-bond donors (Lipinski definition) is 2. The van der Waals surface area contributed by atoms with Crippen molar-refractivity contribution in [2.75, 3.05) is 5.32 Å². The third-order valence-electron chi connectivity index (χ3n) is 5.75. The van der Waals surface area contributed by atoms with E-state index in [1.54, 1.807) is 0 Å². The molecule has 2 fully saturated rings. The standard InChI is InChI=1S/C22H15Cl3F3N3O2/c23-14-3-2-11(8-12(14)19(32)31-21(9-29)5-6-21)30-20(33)17-16(22(17,24)25)10-1-4-15(26)13(7-10)18(27)28/h1-4,7-8,16-18H,5-6H2,(H,30,33)(H,31,32)/t16-,17+/m1/s1. The molecule has 0 radical (unpaired) electrons. The average molecular weight is 517 g/mol. The van der Waals surface area contributed by atoms with Gasteiger partial charge in [0.25, 0.3) is 12.3 Å². The normalized spacial score (nSPS) is 21.8. The van der Waals surface area contributed by atoms with Crippen LogP contribution in [0.25, 0.3) is 0 Å². The lowest BCUT2D eigenvalue weighted by atomic mass is 10.0. The molecule has 0 spiro atoms. The molecule has 0 bridgehead atoms. The van der Waals surface area contributed by atoms with Crippen molar-refractivity contribution < 1.29 is 22.8 Å². The van der Waals surface area contributed by atoms with Gasteiger partial charge in [-0.1, -0.05) is 17.7 Å². The summed E-state index contributed by atoms with van der Waals surface area (Å²) in [4.78, 5) is 25.4. The van der Waals surface area contributed by atoms with Gasteiger partial charge in [-0.2, -0.15) is 5.26 Å². The molecular formula is C22H15Cl3F3N3O2. The van der Waals surface area contributed by atoms with Crippen molar-refractivity contribution in [1.82, 2.24) is 5.32 Å². The van der Waals surface area contributed by atoms with Gasteiger partial charge in [0.05, 0.1) is 28.1 Å². The third kappa shape index (κ3) is 4.50. The molecule has 2 aliphatic carbocycles. The highest BCUT2D eigenvalue weighted by Crippen LogP contribution is 2.65. The summed E-state index contributed by atoms with van der Waals surface area (Å²) in [5.74, 6) is -4.08. The van der Waals surface area contributed by atoms with Crippen molar-refractivity contribution in [3.05, 3.63) is 63.9 Å². The predicted octanol–water partition coefficient (Wildman–Crippen LogP) is 5.73. The molecule has 2 saturated carbocycles. The third-order valence-corrected chi connectivity index (χ3v) is 7.02. The van der Waals surface area contributed by atoms with E-state index in [1.807, 2.05) is 6.07 Å². The van der Waals surface area contributed by atoms with E-state index in [2.05, 4.69) is 10.6 Å². The summed E-state index contributed by atoms with van der Waals surface area (Å²) in [6.07, 6.45) is -1.96. The van der Waals surface area contributed by atoms with E-state index in [4.69, 9.17) is 40.1 Å². The number of nitrogens with zero attached hydrogens (tertiary/aromatic N) is 1. The highest BCUT2D eigenvalue weighted by atomic mass is 35.5. The largest absolute Gasteiger partial charge is 0.334 e. The van der Waals surface area contributed by atoms with Crippen molar-refractivity contribution >= 4 is 52.3 Å². The second-order valence-electron chi connectivity index (χ2n) is 8.04. The first kappa shape index (κ1) is 23.7. The number of nitrogens with one attached hydrogen (secondary N) is 2. The van der Waals surface area contributed by atoms with Gasteiger partial charge in [0.2, 0.25) is 5.91 Å². The minimum Gasteiger partial charge on any atom is -0.334 e. The van der Waals surface area contributed by atoms with Crippen LogP contribution in [0.15, 0.2) is 36.4 Å². The topological polar surface area (TPSA) is 82.0 Å². The van der Waals surface area contributed by atoms with Gasteiger partial charge in [-0.15, -0.1) is 23.2 Å². The van der Waals surface area contributed by atoms with Gasteiger partial charge in [-0.3, -0.25) is 9.59 Å². The Hall–Kier alpha value is -2.47. The molecule has 0 unspecified atom stereocenters. The zero-order valence-corrected chi connectivity index (χ0v) is 18.9. The first-order valence-electron chi connectivity index (χ1n) is 9.78.